The molecule has 3 rings (SSSR count). The number of carbonyl (C=O) groups is 1. The maximum absolute atomic E-state index is 12.4. The fraction of sp³-hybridized carbons (Fsp3) is 0.474. The molecule has 2 aromatic rings. The molecule has 0 N–H and O–H groups in total. The molecule has 1 aromatic heterocycles. The van der Waals surface area contributed by atoms with Crippen LogP contribution in [0.3, 0.4) is 0 Å². The highest BCUT2D eigenvalue weighted by molar-refractivity contribution is 7.90. The molecule has 1 saturated heterocycles. The summed E-state index contributed by atoms with van der Waals surface area (Å²) >= 11 is 5.89. The molecule has 9 heteroatoms. The quantitative estimate of drug-likeness (QED) is 0.675. The SMILES string of the molecule is CS(=O)(=O)CCN1CCN(C(=O)CCc2ncc(-c3ccc(Cl)cc3)o2)CC1. The lowest BCUT2D eigenvalue weighted by Gasteiger charge is -2.34. The molecular formula is C19H24ClN3O4S. The Balaban J connectivity index is 1.44. The van der Waals surface area contributed by atoms with Gasteiger partial charge < -0.3 is 9.32 Å². The molecule has 1 fully saturated rings. The monoisotopic (exact) mass is 425 g/mol. The molecule has 1 amide bonds. The van der Waals surface area contributed by atoms with Crippen LogP contribution in [0.2, 0.25) is 5.02 Å². The van der Waals surface area contributed by atoms with Crippen LogP contribution >= 0.6 is 11.6 Å². The summed E-state index contributed by atoms with van der Waals surface area (Å²) in [6, 6.07) is 7.30. The second kappa shape index (κ2) is 9.07. The number of hydrogen-bond donors (Lipinski definition) is 0. The van der Waals surface area contributed by atoms with Crippen LogP contribution in [0.25, 0.3) is 11.3 Å². The molecule has 0 aliphatic carbocycles. The van der Waals surface area contributed by atoms with Crippen molar-refractivity contribution in [3.8, 4) is 11.3 Å². The van der Waals surface area contributed by atoms with Gasteiger partial charge in [0.05, 0.1) is 11.9 Å². The Kier molecular flexibility index (Phi) is 6.74. The summed E-state index contributed by atoms with van der Waals surface area (Å²) < 4.78 is 28.3. The number of sulfone groups is 1. The number of piperazine rings is 1. The summed E-state index contributed by atoms with van der Waals surface area (Å²) in [5.41, 5.74) is 0.889. The highest BCUT2D eigenvalue weighted by Gasteiger charge is 2.22. The summed E-state index contributed by atoms with van der Waals surface area (Å²) in [6.45, 7) is 3.14. The zero-order valence-corrected chi connectivity index (χ0v) is 17.4. The van der Waals surface area contributed by atoms with Crippen molar-refractivity contribution in [2.75, 3.05) is 44.7 Å². The molecule has 1 aliphatic heterocycles. The van der Waals surface area contributed by atoms with Crippen LogP contribution in [-0.4, -0.2) is 73.8 Å². The Hall–Kier alpha value is -1.90. The van der Waals surface area contributed by atoms with Crippen molar-refractivity contribution >= 4 is 27.3 Å². The third-order valence-electron chi connectivity index (χ3n) is 4.74. The zero-order chi connectivity index (χ0) is 20.1. The van der Waals surface area contributed by atoms with E-state index in [1.54, 1.807) is 18.3 Å². The Morgan fingerprint density at radius 1 is 1.18 bits per heavy atom. The number of aryl methyl sites for hydroxylation is 1. The standard InChI is InChI=1S/C19H24ClN3O4S/c1-28(25,26)13-12-22-8-10-23(11-9-22)19(24)7-6-18-21-14-17(27-18)15-2-4-16(20)5-3-15/h2-5,14H,6-13H2,1H3. The van der Waals surface area contributed by atoms with Gasteiger partial charge in [-0.15, -0.1) is 0 Å². The molecule has 7 nitrogen and oxygen atoms in total. The van der Waals surface area contributed by atoms with Gasteiger partial charge in [0, 0.05) is 62.4 Å². The number of aromatic nitrogens is 1. The van der Waals surface area contributed by atoms with Crippen molar-refractivity contribution in [3.63, 3.8) is 0 Å². The van der Waals surface area contributed by atoms with Crippen molar-refractivity contribution in [3.05, 3.63) is 41.4 Å². The van der Waals surface area contributed by atoms with E-state index in [2.05, 4.69) is 9.88 Å². The van der Waals surface area contributed by atoms with Crippen molar-refractivity contribution in [2.45, 2.75) is 12.8 Å². The molecule has 0 saturated carbocycles. The van der Waals surface area contributed by atoms with E-state index in [9.17, 15) is 13.2 Å². The van der Waals surface area contributed by atoms with E-state index < -0.39 is 9.84 Å². The second-order valence-corrected chi connectivity index (χ2v) is 9.67. The predicted molar refractivity (Wildman–Crippen MR) is 108 cm³/mol. The van der Waals surface area contributed by atoms with E-state index in [0.717, 1.165) is 5.56 Å². The Morgan fingerprint density at radius 2 is 1.86 bits per heavy atom. The van der Waals surface area contributed by atoms with Crippen molar-refractivity contribution < 1.29 is 17.6 Å². The molecule has 0 unspecified atom stereocenters. The normalized spacial score (nSPS) is 15.7. The van der Waals surface area contributed by atoms with Crippen LogP contribution in [0, 0.1) is 0 Å². The highest BCUT2D eigenvalue weighted by Crippen LogP contribution is 2.22. The lowest BCUT2D eigenvalue weighted by atomic mass is 10.2. The summed E-state index contributed by atoms with van der Waals surface area (Å²) in [6.07, 6.45) is 3.68. The van der Waals surface area contributed by atoms with Crippen molar-refractivity contribution in [1.29, 1.82) is 0 Å². The first-order valence-electron chi connectivity index (χ1n) is 9.19. The Morgan fingerprint density at radius 3 is 2.50 bits per heavy atom. The van der Waals surface area contributed by atoms with Gasteiger partial charge in [0.2, 0.25) is 5.91 Å². The average Bonchev–Trinajstić information content (AvgIpc) is 3.14. The van der Waals surface area contributed by atoms with Crippen LogP contribution in [0.5, 0.6) is 0 Å². The second-order valence-electron chi connectivity index (χ2n) is 6.98. The van der Waals surface area contributed by atoms with Crippen LogP contribution in [0.4, 0.5) is 0 Å². The van der Waals surface area contributed by atoms with Crippen LogP contribution in [-0.2, 0) is 21.1 Å². The van der Waals surface area contributed by atoms with Gasteiger partial charge in [-0.05, 0) is 24.3 Å². The summed E-state index contributed by atoms with van der Waals surface area (Å²) in [5, 5.41) is 0.658. The maximum Gasteiger partial charge on any atom is 0.223 e. The van der Waals surface area contributed by atoms with E-state index >= 15 is 0 Å². The lowest BCUT2D eigenvalue weighted by Crippen LogP contribution is -2.49. The van der Waals surface area contributed by atoms with E-state index in [0.29, 0.717) is 62.2 Å². The van der Waals surface area contributed by atoms with E-state index in [4.69, 9.17) is 16.0 Å². The molecule has 0 spiro atoms. The van der Waals surface area contributed by atoms with Gasteiger partial charge in [-0.2, -0.15) is 0 Å². The van der Waals surface area contributed by atoms with E-state index in [1.807, 2.05) is 17.0 Å². The predicted octanol–water partition coefficient (Wildman–Crippen LogP) is 2.12. The van der Waals surface area contributed by atoms with E-state index in [-0.39, 0.29) is 11.7 Å². The van der Waals surface area contributed by atoms with Gasteiger partial charge in [-0.25, -0.2) is 13.4 Å². The molecular weight excluding hydrogens is 402 g/mol. The largest absolute Gasteiger partial charge is 0.441 e. The van der Waals surface area contributed by atoms with Gasteiger partial charge in [0.25, 0.3) is 0 Å². The minimum atomic E-state index is -2.96. The minimum absolute atomic E-state index is 0.0639. The molecule has 152 valence electrons. The van der Waals surface area contributed by atoms with Crippen molar-refractivity contribution in [1.82, 2.24) is 14.8 Å². The summed E-state index contributed by atoms with van der Waals surface area (Å²) in [7, 11) is -2.96. The number of carbonyl (C=O) groups excluding carboxylic acids is 1. The van der Waals surface area contributed by atoms with Crippen LogP contribution < -0.4 is 0 Å². The topological polar surface area (TPSA) is 83.7 Å². The van der Waals surface area contributed by atoms with Gasteiger partial charge in [-0.3, -0.25) is 9.69 Å². The summed E-state index contributed by atoms with van der Waals surface area (Å²) in [4.78, 5) is 20.6. The molecule has 1 aromatic carbocycles. The smallest absolute Gasteiger partial charge is 0.223 e. The zero-order valence-electron chi connectivity index (χ0n) is 15.8. The van der Waals surface area contributed by atoms with Crippen molar-refractivity contribution in [2.24, 2.45) is 0 Å². The molecule has 0 atom stereocenters. The van der Waals surface area contributed by atoms with Gasteiger partial charge in [0.15, 0.2) is 11.7 Å². The lowest BCUT2D eigenvalue weighted by molar-refractivity contribution is -0.132. The number of rotatable bonds is 7. The maximum atomic E-state index is 12.4. The van der Waals surface area contributed by atoms with Gasteiger partial charge in [0.1, 0.15) is 9.84 Å². The molecule has 0 bridgehead atoms. The third-order valence-corrected chi connectivity index (χ3v) is 5.91. The van der Waals surface area contributed by atoms with Gasteiger partial charge >= 0.3 is 0 Å². The number of oxazole rings is 1. The molecule has 2 heterocycles. The average molecular weight is 426 g/mol. The fourth-order valence-corrected chi connectivity index (χ4v) is 3.78. The van der Waals surface area contributed by atoms with Crippen LogP contribution in [0.1, 0.15) is 12.3 Å². The first-order valence-corrected chi connectivity index (χ1v) is 11.6. The summed E-state index contributed by atoms with van der Waals surface area (Å²) in [5.74, 6) is 1.40. The number of benzene rings is 1. The Labute approximate surface area is 170 Å². The number of amides is 1. The molecule has 1 aliphatic rings. The number of hydrogen-bond acceptors (Lipinski definition) is 6. The first kappa shape index (κ1) is 20.8. The third kappa shape index (κ3) is 6.05. The molecule has 0 radical (unpaired) electrons. The Bertz CT molecular complexity index is 904. The number of nitrogens with zero attached hydrogens (tertiary/aromatic N) is 3. The molecule has 28 heavy (non-hydrogen) atoms. The highest BCUT2D eigenvalue weighted by atomic mass is 35.5. The van der Waals surface area contributed by atoms with E-state index in [1.165, 1.54) is 6.26 Å². The number of halogens is 1. The minimum Gasteiger partial charge on any atom is -0.441 e. The van der Waals surface area contributed by atoms with Crippen LogP contribution in [0.15, 0.2) is 34.9 Å². The van der Waals surface area contributed by atoms with Gasteiger partial charge in [-0.1, -0.05) is 11.6 Å². The fourth-order valence-electron chi connectivity index (χ4n) is 3.06. The first-order chi connectivity index (χ1) is 13.3.